The van der Waals surface area contributed by atoms with Gasteiger partial charge in [0.25, 0.3) is 0 Å². The van der Waals surface area contributed by atoms with Gasteiger partial charge in [-0.1, -0.05) is 17.8 Å². The Labute approximate surface area is 175 Å². The molecule has 0 amide bonds. The fraction of sp³-hybridized carbons (Fsp3) is 0.579. The molecule has 0 bridgehead atoms. The Morgan fingerprint density at radius 2 is 2.07 bits per heavy atom. The van der Waals surface area contributed by atoms with Crippen LogP contribution in [0.15, 0.2) is 24.5 Å². The van der Waals surface area contributed by atoms with E-state index < -0.39 is 12.1 Å². The molecule has 4 rings (SSSR count). The summed E-state index contributed by atoms with van der Waals surface area (Å²) >= 11 is 1.70. The summed E-state index contributed by atoms with van der Waals surface area (Å²) in [5.41, 5.74) is 1.49. The monoisotopic (exact) mass is 444 g/mol. The van der Waals surface area contributed by atoms with Gasteiger partial charge in [0.1, 0.15) is 5.01 Å². The zero-order valence-electron chi connectivity index (χ0n) is 16.4. The van der Waals surface area contributed by atoms with Gasteiger partial charge in [0, 0.05) is 30.9 Å². The van der Waals surface area contributed by atoms with Crippen molar-refractivity contribution in [2.75, 3.05) is 24.6 Å². The van der Waals surface area contributed by atoms with Crippen molar-refractivity contribution in [2.45, 2.75) is 39.0 Å². The number of alkyl halides is 3. The summed E-state index contributed by atoms with van der Waals surface area (Å²) in [7, 11) is 0. The molecule has 7 nitrogen and oxygen atoms in total. The molecule has 0 aromatic carbocycles. The maximum atomic E-state index is 10.6. The summed E-state index contributed by atoms with van der Waals surface area (Å²) in [4.78, 5) is 15.4. The second kappa shape index (κ2) is 9.25. The Morgan fingerprint density at radius 1 is 1.37 bits per heavy atom. The van der Waals surface area contributed by atoms with Gasteiger partial charge < -0.3 is 14.7 Å². The third-order valence-electron chi connectivity index (χ3n) is 5.48. The van der Waals surface area contributed by atoms with E-state index >= 15 is 0 Å². The average molecular weight is 444 g/mol. The van der Waals surface area contributed by atoms with Crippen molar-refractivity contribution in [3.63, 3.8) is 0 Å². The lowest BCUT2D eigenvalue weighted by atomic mass is 9.81. The second-order valence-corrected chi connectivity index (χ2v) is 8.75. The minimum atomic E-state index is -5.08. The third-order valence-corrected chi connectivity index (χ3v) is 6.38. The Hall–Kier alpha value is -2.27. The number of hydrogen-bond donors (Lipinski definition) is 1. The van der Waals surface area contributed by atoms with Crippen LogP contribution in [0.3, 0.4) is 0 Å². The van der Waals surface area contributed by atoms with Crippen molar-refractivity contribution in [3.05, 3.63) is 35.1 Å². The molecule has 2 fully saturated rings. The molecule has 30 heavy (non-hydrogen) atoms. The largest absolute Gasteiger partial charge is 0.490 e. The zero-order valence-corrected chi connectivity index (χ0v) is 17.2. The Kier molecular flexibility index (Phi) is 6.91. The van der Waals surface area contributed by atoms with E-state index in [1.165, 1.54) is 24.8 Å². The minimum absolute atomic E-state index is 0.298. The molecule has 0 spiro atoms. The summed E-state index contributed by atoms with van der Waals surface area (Å²) < 4.78 is 37.8. The highest BCUT2D eigenvalue weighted by Gasteiger charge is 2.50. The van der Waals surface area contributed by atoms with Crippen LogP contribution in [-0.2, 0) is 16.1 Å². The molecule has 1 saturated heterocycles. The van der Waals surface area contributed by atoms with Crippen LogP contribution in [0.4, 0.5) is 18.3 Å². The normalized spacial score (nSPS) is 23.1. The molecule has 164 valence electrons. The first-order valence-corrected chi connectivity index (χ1v) is 10.3. The highest BCUT2D eigenvalue weighted by Crippen LogP contribution is 2.50. The lowest BCUT2D eigenvalue weighted by molar-refractivity contribution is -0.192. The van der Waals surface area contributed by atoms with E-state index in [2.05, 4.69) is 20.1 Å². The predicted octanol–water partition coefficient (Wildman–Crippen LogP) is 3.70. The van der Waals surface area contributed by atoms with Crippen LogP contribution in [0.1, 0.15) is 29.8 Å². The van der Waals surface area contributed by atoms with Gasteiger partial charge in [0.05, 0.1) is 13.2 Å². The molecular weight excluding hydrogens is 421 g/mol. The van der Waals surface area contributed by atoms with Crippen molar-refractivity contribution in [1.82, 2.24) is 15.2 Å². The van der Waals surface area contributed by atoms with Crippen molar-refractivity contribution >= 4 is 22.4 Å². The van der Waals surface area contributed by atoms with Crippen molar-refractivity contribution in [2.24, 2.45) is 11.3 Å². The summed E-state index contributed by atoms with van der Waals surface area (Å²) in [5.74, 6) is -2.03. The van der Waals surface area contributed by atoms with Crippen LogP contribution >= 0.6 is 11.3 Å². The molecule has 0 radical (unpaired) electrons. The summed E-state index contributed by atoms with van der Waals surface area (Å²) in [6.45, 7) is 5.70. The van der Waals surface area contributed by atoms with Crippen LogP contribution in [0, 0.1) is 18.3 Å². The Balaban J connectivity index is 0.000000318. The number of anilines is 1. The molecule has 11 heteroatoms. The highest BCUT2D eigenvalue weighted by molar-refractivity contribution is 7.15. The van der Waals surface area contributed by atoms with E-state index in [0.717, 1.165) is 35.8 Å². The van der Waals surface area contributed by atoms with Crippen LogP contribution < -0.4 is 4.90 Å². The number of carboxylic acid groups (broad SMARTS) is 1. The summed E-state index contributed by atoms with van der Waals surface area (Å²) in [6.07, 6.45) is 2.47. The number of pyridine rings is 1. The number of carboxylic acids is 1. The minimum Gasteiger partial charge on any atom is -0.475 e. The molecule has 3 heterocycles. The number of aromatic nitrogens is 3. The standard InChI is InChI=1S/C17H22N4OS.C2HF3O2/c1-13-19-20-16(23-13)21-9-15-3-2-6-17(15,11-21)12-22-10-14-4-7-18-8-5-14;3-2(4,5)1(6)7/h4-5,7-8,15H,2-3,6,9-12H2,1H3;(H,6,7)/t15-,17+;/m1./s1. The first-order chi connectivity index (χ1) is 14.2. The Morgan fingerprint density at radius 3 is 2.67 bits per heavy atom. The number of halogens is 3. The van der Waals surface area contributed by atoms with Crippen molar-refractivity contribution in [3.8, 4) is 0 Å². The second-order valence-electron chi connectivity index (χ2n) is 7.59. The number of rotatable bonds is 5. The van der Waals surface area contributed by atoms with Gasteiger partial charge in [-0.15, -0.1) is 10.2 Å². The third kappa shape index (κ3) is 5.45. The highest BCUT2D eigenvalue weighted by atomic mass is 32.1. The fourth-order valence-electron chi connectivity index (χ4n) is 4.06. The number of hydrogen-bond acceptors (Lipinski definition) is 7. The van der Waals surface area contributed by atoms with Crippen LogP contribution in [-0.4, -0.2) is 52.1 Å². The van der Waals surface area contributed by atoms with Crippen LogP contribution in [0.2, 0.25) is 0 Å². The first kappa shape index (κ1) is 22.4. The molecule has 1 aliphatic heterocycles. The number of carbonyl (C=O) groups is 1. The number of ether oxygens (including phenoxy) is 1. The zero-order chi connectivity index (χ0) is 21.8. The van der Waals surface area contributed by atoms with Gasteiger partial charge in [0.2, 0.25) is 5.13 Å². The van der Waals surface area contributed by atoms with Crippen LogP contribution in [0.5, 0.6) is 0 Å². The molecule has 1 N–H and O–H groups in total. The molecule has 2 aromatic heterocycles. The number of nitrogens with zero attached hydrogens (tertiary/aromatic N) is 4. The van der Waals surface area contributed by atoms with Gasteiger partial charge in [-0.05, 0) is 43.4 Å². The molecule has 1 saturated carbocycles. The lowest BCUT2D eigenvalue weighted by Gasteiger charge is -2.28. The maximum absolute atomic E-state index is 10.6. The molecule has 0 unspecified atom stereocenters. The fourth-order valence-corrected chi connectivity index (χ4v) is 4.76. The number of aliphatic carboxylic acids is 1. The van der Waals surface area contributed by atoms with E-state index in [-0.39, 0.29) is 0 Å². The molecule has 1 aliphatic carbocycles. The SMILES string of the molecule is Cc1nnc(N2C[C@H]3CCC[C@@]3(COCc3ccncc3)C2)s1.O=C(O)C(F)(F)F. The van der Waals surface area contributed by atoms with Gasteiger partial charge in [-0.3, -0.25) is 4.98 Å². The van der Waals surface area contributed by atoms with E-state index in [9.17, 15) is 13.2 Å². The lowest BCUT2D eigenvalue weighted by Crippen LogP contribution is -2.32. The predicted molar refractivity (Wildman–Crippen MR) is 104 cm³/mol. The van der Waals surface area contributed by atoms with Crippen LogP contribution in [0.25, 0.3) is 0 Å². The van der Waals surface area contributed by atoms with Crippen molar-refractivity contribution < 1.29 is 27.8 Å². The number of aryl methyl sites for hydroxylation is 1. The van der Waals surface area contributed by atoms with E-state index in [4.69, 9.17) is 14.6 Å². The number of fused-ring (bicyclic) bond motifs is 1. The average Bonchev–Trinajstić information content (AvgIpc) is 3.36. The molecular formula is C19H23F3N4O3S. The van der Waals surface area contributed by atoms with Gasteiger partial charge >= 0.3 is 12.1 Å². The van der Waals surface area contributed by atoms with Gasteiger partial charge in [0.15, 0.2) is 0 Å². The topological polar surface area (TPSA) is 88.4 Å². The summed E-state index contributed by atoms with van der Waals surface area (Å²) in [6, 6.07) is 4.05. The smallest absolute Gasteiger partial charge is 0.475 e. The van der Waals surface area contributed by atoms with Gasteiger partial charge in [-0.2, -0.15) is 13.2 Å². The molecule has 2 atom stereocenters. The Bertz CT molecular complexity index is 849. The first-order valence-electron chi connectivity index (χ1n) is 9.51. The van der Waals surface area contributed by atoms with Crippen molar-refractivity contribution in [1.29, 1.82) is 0 Å². The quantitative estimate of drug-likeness (QED) is 0.752. The van der Waals surface area contributed by atoms with E-state index in [1.807, 2.05) is 31.5 Å². The van der Waals surface area contributed by atoms with Gasteiger partial charge in [-0.25, -0.2) is 4.79 Å². The molecule has 2 aromatic rings. The van der Waals surface area contributed by atoms with E-state index in [1.54, 1.807) is 11.3 Å². The van der Waals surface area contributed by atoms with E-state index in [0.29, 0.717) is 12.0 Å². The maximum Gasteiger partial charge on any atom is 0.490 e. The summed E-state index contributed by atoms with van der Waals surface area (Å²) in [5, 5.41) is 17.7. The molecule has 2 aliphatic rings.